The van der Waals surface area contributed by atoms with Crippen LogP contribution in [0.1, 0.15) is 11.1 Å². The highest BCUT2D eigenvalue weighted by Crippen LogP contribution is 2.31. The van der Waals surface area contributed by atoms with Crippen molar-refractivity contribution < 1.29 is 4.43 Å². The van der Waals surface area contributed by atoms with Gasteiger partial charge in [-0.15, -0.1) is 6.42 Å². The monoisotopic (exact) mass is 238 g/mol. The summed E-state index contributed by atoms with van der Waals surface area (Å²) in [7, 11) is 0.583. The van der Waals surface area contributed by atoms with Crippen LogP contribution in [0.25, 0.3) is 0 Å². The number of terminal acetylenes is 1. The molecule has 1 nitrogen and oxygen atoms in total. The first-order valence-corrected chi connectivity index (χ1v) is 6.29. The summed E-state index contributed by atoms with van der Waals surface area (Å²) in [5.41, 5.74) is 1.27. The third-order valence-corrected chi connectivity index (χ3v) is 3.48. The fourth-order valence-electron chi connectivity index (χ4n) is 1.97. The van der Waals surface area contributed by atoms with Gasteiger partial charge in [-0.3, -0.25) is 0 Å². The van der Waals surface area contributed by atoms with Crippen molar-refractivity contribution in [2.45, 2.75) is 5.60 Å². The lowest BCUT2D eigenvalue weighted by molar-refractivity contribution is 0.194. The molecule has 0 N–H and O–H groups in total. The molecule has 2 heteroatoms. The van der Waals surface area contributed by atoms with Crippen LogP contribution in [0.5, 0.6) is 0 Å². The molecule has 0 spiro atoms. The Morgan fingerprint density at radius 3 is 1.59 bits per heavy atom. The van der Waals surface area contributed by atoms with E-state index in [1.165, 1.54) is 0 Å². The van der Waals surface area contributed by atoms with Crippen LogP contribution in [-0.2, 0) is 10.0 Å². The van der Waals surface area contributed by atoms with Crippen LogP contribution in [0.2, 0.25) is 0 Å². The van der Waals surface area contributed by atoms with Gasteiger partial charge in [-0.05, 0) is 11.1 Å². The van der Waals surface area contributed by atoms with Crippen molar-refractivity contribution >= 4 is 10.5 Å². The minimum Gasteiger partial charge on any atom is -0.405 e. The molecule has 0 aliphatic rings. The molecular formula is C15H14OSi. The maximum absolute atomic E-state index is 5.76. The van der Waals surface area contributed by atoms with Gasteiger partial charge in [-0.25, -0.2) is 0 Å². The Bertz CT molecular complexity index is 474. The zero-order valence-corrected chi connectivity index (χ0v) is 11.8. The molecule has 2 aromatic rings. The molecule has 0 saturated heterocycles. The number of benzene rings is 2. The number of rotatable bonds is 3. The Balaban J connectivity index is 2.60. The summed E-state index contributed by atoms with van der Waals surface area (Å²) in [5, 5.41) is 0. The molecule has 0 saturated carbocycles. The largest absolute Gasteiger partial charge is 0.405 e. The first-order chi connectivity index (χ1) is 8.33. The SMILES string of the molecule is C#CC(O[SiH3])(c1ccccc1)c1ccccc1. The molecule has 84 valence electrons. The molecule has 2 rings (SSSR count). The maximum atomic E-state index is 5.76. The van der Waals surface area contributed by atoms with E-state index in [1.54, 1.807) is 0 Å². The minimum atomic E-state index is -0.741. The molecule has 0 unspecified atom stereocenters. The molecule has 0 aromatic heterocycles. The van der Waals surface area contributed by atoms with E-state index in [1.807, 2.05) is 60.7 Å². The molecule has 0 atom stereocenters. The average molecular weight is 238 g/mol. The smallest absolute Gasteiger partial charge is 0.169 e. The quantitative estimate of drug-likeness (QED) is 0.586. The van der Waals surface area contributed by atoms with E-state index in [0.717, 1.165) is 11.1 Å². The summed E-state index contributed by atoms with van der Waals surface area (Å²) in [4.78, 5) is 0. The second-order valence-electron chi connectivity index (χ2n) is 3.76. The van der Waals surface area contributed by atoms with Gasteiger partial charge in [-0.2, -0.15) is 0 Å². The summed E-state index contributed by atoms with van der Waals surface area (Å²) in [6, 6.07) is 19.9. The van der Waals surface area contributed by atoms with E-state index in [0.29, 0.717) is 10.5 Å². The van der Waals surface area contributed by atoms with E-state index < -0.39 is 5.60 Å². The van der Waals surface area contributed by atoms with Gasteiger partial charge in [0.25, 0.3) is 0 Å². The van der Waals surface area contributed by atoms with Gasteiger partial charge < -0.3 is 4.43 Å². The first-order valence-electron chi connectivity index (χ1n) is 5.47. The lowest BCUT2D eigenvalue weighted by Gasteiger charge is -2.28. The summed E-state index contributed by atoms with van der Waals surface area (Å²) < 4.78 is 5.76. The second-order valence-corrected chi connectivity index (χ2v) is 4.17. The van der Waals surface area contributed by atoms with Gasteiger partial charge in [0.2, 0.25) is 0 Å². The van der Waals surface area contributed by atoms with Crippen molar-refractivity contribution in [3.05, 3.63) is 71.8 Å². The summed E-state index contributed by atoms with van der Waals surface area (Å²) in [5.74, 6) is 2.81. The first kappa shape index (κ1) is 11.7. The van der Waals surface area contributed by atoms with Crippen LogP contribution in [0.15, 0.2) is 60.7 Å². The normalized spacial score (nSPS) is 11.0. The molecule has 0 radical (unpaired) electrons. The van der Waals surface area contributed by atoms with Crippen LogP contribution in [-0.4, -0.2) is 10.5 Å². The topological polar surface area (TPSA) is 9.23 Å². The van der Waals surface area contributed by atoms with Crippen molar-refractivity contribution in [1.29, 1.82) is 0 Å². The van der Waals surface area contributed by atoms with Crippen molar-refractivity contribution in [2.24, 2.45) is 0 Å². The Morgan fingerprint density at radius 2 is 1.29 bits per heavy atom. The molecule has 0 heterocycles. The molecule has 2 aromatic carbocycles. The molecule has 17 heavy (non-hydrogen) atoms. The standard InChI is InChI=1S/C15H14OSi/c1-2-15(16-17,13-9-5-3-6-10-13)14-11-7-4-8-12-14/h1,3-12H,17H3. The fourth-order valence-corrected chi connectivity index (χ4v) is 2.56. The van der Waals surface area contributed by atoms with Crippen LogP contribution in [0.3, 0.4) is 0 Å². The second kappa shape index (κ2) is 5.01. The Hall–Kier alpha value is -1.82. The van der Waals surface area contributed by atoms with E-state index in [2.05, 4.69) is 5.92 Å². The lowest BCUT2D eigenvalue weighted by Crippen LogP contribution is -2.28. The van der Waals surface area contributed by atoms with Crippen molar-refractivity contribution in [3.8, 4) is 12.3 Å². The third kappa shape index (κ3) is 2.03. The number of hydrogen-bond donors (Lipinski definition) is 0. The molecule has 0 amide bonds. The van der Waals surface area contributed by atoms with Gasteiger partial charge in [0.15, 0.2) is 5.60 Å². The van der Waals surface area contributed by atoms with Crippen LogP contribution in [0.4, 0.5) is 0 Å². The number of hydrogen-bond acceptors (Lipinski definition) is 1. The summed E-state index contributed by atoms with van der Waals surface area (Å²) in [6.07, 6.45) is 5.73. The van der Waals surface area contributed by atoms with Crippen LogP contribution < -0.4 is 0 Å². The molecule has 0 fully saturated rings. The summed E-state index contributed by atoms with van der Waals surface area (Å²) >= 11 is 0. The molecule has 0 aliphatic heterocycles. The predicted octanol–water partition coefficient (Wildman–Crippen LogP) is 1.86. The van der Waals surface area contributed by atoms with Crippen LogP contribution >= 0.6 is 0 Å². The predicted molar refractivity (Wildman–Crippen MR) is 73.5 cm³/mol. The Kier molecular flexibility index (Phi) is 3.43. The van der Waals surface area contributed by atoms with Crippen molar-refractivity contribution in [3.63, 3.8) is 0 Å². The highest BCUT2D eigenvalue weighted by molar-refractivity contribution is 5.98. The van der Waals surface area contributed by atoms with E-state index >= 15 is 0 Å². The van der Waals surface area contributed by atoms with E-state index in [9.17, 15) is 0 Å². The van der Waals surface area contributed by atoms with Gasteiger partial charge in [0, 0.05) is 0 Å². The summed E-state index contributed by atoms with van der Waals surface area (Å²) in [6.45, 7) is 0. The molecule has 0 aliphatic carbocycles. The van der Waals surface area contributed by atoms with Crippen LogP contribution in [0, 0.1) is 12.3 Å². The van der Waals surface area contributed by atoms with Gasteiger partial charge >= 0.3 is 0 Å². The third-order valence-electron chi connectivity index (χ3n) is 2.87. The maximum Gasteiger partial charge on any atom is 0.169 e. The van der Waals surface area contributed by atoms with E-state index in [4.69, 9.17) is 10.8 Å². The molecular weight excluding hydrogens is 224 g/mol. The minimum absolute atomic E-state index is 0.583. The zero-order valence-electron chi connectivity index (χ0n) is 9.76. The highest BCUT2D eigenvalue weighted by atomic mass is 28.2. The highest BCUT2D eigenvalue weighted by Gasteiger charge is 2.30. The van der Waals surface area contributed by atoms with E-state index in [-0.39, 0.29) is 0 Å². The van der Waals surface area contributed by atoms with Crippen molar-refractivity contribution in [1.82, 2.24) is 0 Å². The average Bonchev–Trinajstić information content (AvgIpc) is 2.43. The zero-order chi connectivity index (χ0) is 12.1. The van der Waals surface area contributed by atoms with Gasteiger partial charge in [-0.1, -0.05) is 66.6 Å². The van der Waals surface area contributed by atoms with Crippen molar-refractivity contribution in [2.75, 3.05) is 0 Å². The Labute approximate surface area is 105 Å². The lowest BCUT2D eigenvalue weighted by atomic mass is 9.87. The van der Waals surface area contributed by atoms with Gasteiger partial charge in [0.05, 0.1) is 0 Å². The molecule has 0 bridgehead atoms. The fraction of sp³-hybridized carbons (Fsp3) is 0.0667. The van der Waals surface area contributed by atoms with Gasteiger partial charge in [0.1, 0.15) is 10.5 Å². The Morgan fingerprint density at radius 1 is 0.882 bits per heavy atom.